The number of carbonyl (C=O) groups is 4. The third-order valence-electron chi connectivity index (χ3n) is 10.2. The fourth-order valence-corrected chi connectivity index (χ4v) is 9.13. The first kappa shape index (κ1) is 36.0. The van der Waals surface area contributed by atoms with E-state index < -0.39 is 92.7 Å². The van der Waals surface area contributed by atoms with Crippen molar-refractivity contribution in [3.63, 3.8) is 0 Å². The number of amides is 4. The highest BCUT2D eigenvalue weighted by atomic mass is 35.5. The van der Waals surface area contributed by atoms with Crippen LogP contribution in [0.2, 0.25) is 5.02 Å². The quantitative estimate of drug-likeness (QED) is 0.129. The Morgan fingerprint density at radius 3 is 2.35 bits per heavy atom. The highest BCUT2D eigenvalue weighted by molar-refractivity contribution is 6.58. The highest BCUT2D eigenvalue weighted by Gasteiger charge is 2.77. The third-order valence-corrected chi connectivity index (χ3v) is 11.9. The number of fused-ring (bicyclic) bond motifs is 4. The van der Waals surface area contributed by atoms with Crippen molar-refractivity contribution in [2.45, 2.75) is 41.6 Å². The Labute approximate surface area is 308 Å². The second-order valence-electron chi connectivity index (χ2n) is 12.9. The van der Waals surface area contributed by atoms with Crippen molar-refractivity contribution in [2.24, 2.45) is 17.8 Å². The van der Waals surface area contributed by atoms with Crippen LogP contribution in [0.1, 0.15) is 36.9 Å². The van der Waals surface area contributed by atoms with E-state index in [9.17, 15) is 41.8 Å². The molecule has 272 valence electrons. The zero-order valence-corrected chi connectivity index (χ0v) is 29.4. The van der Waals surface area contributed by atoms with Crippen LogP contribution in [0.4, 0.5) is 29.1 Å². The minimum Gasteiger partial charge on any atom is -0.504 e. The molecule has 4 amide bonds. The Bertz CT molecular complexity index is 2080. The molecule has 52 heavy (non-hydrogen) atoms. The van der Waals surface area contributed by atoms with Gasteiger partial charge in [0, 0.05) is 18.5 Å². The Morgan fingerprint density at radius 2 is 1.69 bits per heavy atom. The summed E-state index contributed by atoms with van der Waals surface area (Å²) in [5, 5.41) is 12.8. The zero-order valence-electron chi connectivity index (χ0n) is 27.1. The van der Waals surface area contributed by atoms with Gasteiger partial charge in [-0.05, 0) is 68.1 Å². The predicted molar refractivity (Wildman–Crippen MR) is 180 cm³/mol. The summed E-state index contributed by atoms with van der Waals surface area (Å²) in [7, 11) is 1.17. The van der Waals surface area contributed by atoms with Gasteiger partial charge in [-0.1, -0.05) is 35.4 Å². The number of nitrogens with zero attached hydrogens (tertiary/aromatic N) is 4. The first-order valence-electron chi connectivity index (χ1n) is 16.0. The minimum absolute atomic E-state index is 0.0305. The number of para-hydroxylation sites is 1. The van der Waals surface area contributed by atoms with E-state index in [4.69, 9.17) is 39.5 Å². The van der Waals surface area contributed by atoms with Crippen molar-refractivity contribution in [1.82, 2.24) is 9.99 Å². The zero-order chi connectivity index (χ0) is 37.7. The second-order valence-corrected chi connectivity index (χ2v) is 14.5. The standard InChI is InChI=1S/C35H27Cl3F4N4O6/c1-3-52-23-6-4-5-20(27(23)47)26-18-11-12-19-25(30(49)46(29(19)48)44(2)28-22(36)13-14-24(43-28)35(40,41)42)21(18)15-33(37)31(50)45(32(51)34(26,33)38)17-9-7-16(39)8-10-17/h4-11,13-14,19,21,25-26,47H,3,12,15H2,1-2H3/t19-,21+,25-,26+,33+,34-/m0/s1. The maximum Gasteiger partial charge on any atom is 0.433 e. The molecule has 1 N–H and O–H groups in total. The van der Waals surface area contributed by atoms with E-state index in [1.807, 2.05) is 0 Å². The van der Waals surface area contributed by atoms with Crippen LogP contribution in [0.15, 0.2) is 66.2 Å². The number of ether oxygens (including phenoxy) is 1. The summed E-state index contributed by atoms with van der Waals surface area (Å²) in [5.41, 5.74) is -0.953. The van der Waals surface area contributed by atoms with Gasteiger partial charge in [0.05, 0.1) is 29.2 Å². The topological polar surface area (TPSA) is 120 Å². The van der Waals surface area contributed by atoms with Crippen LogP contribution in [-0.4, -0.2) is 62.1 Å². The fraction of sp³-hybridized carbons (Fsp3) is 0.343. The van der Waals surface area contributed by atoms with E-state index in [0.717, 1.165) is 28.1 Å². The number of aromatic nitrogens is 1. The molecule has 7 rings (SSSR count). The largest absolute Gasteiger partial charge is 0.504 e. The van der Waals surface area contributed by atoms with Crippen LogP contribution in [0, 0.1) is 23.6 Å². The molecule has 0 bridgehead atoms. The number of hydrazine groups is 1. The number of halogens is 7. The number of hydrogen-bond acceptors (Lipinski definition) is 8. The molecule has 3 aromatic rings. The van der Waals surface area contributed by atoms with Gasteiger partial charge in [-0.3, -0.25) is 24.2 Å². The number of phenolic OH excluding ortho intramolecular Hbond substituents is 1. The van der Waals surface area contributed by atoms with Crippen molar-refractivity contribution in [3.05, 3.63) is 88.3 Å². The van der Waals surface area contributed by atoms with Crippen LogP contribution >= 0.6 is 34.8 Å². The van der Waals surface area contributed by atoms with Gasteiger partial charge >= 0.3 is 6.18 Å². The van der Waals surface area contributed by atoms with Crippen LogP contribution in [0.25, 0.3) is 0 Å². The first-order valence-corrected chi connectivity index (χ1v) is 17.1. The molecular weight excluding hydrogens is 755 g/mol. The summed E-state index contributed by atoms with van der Waals surface area (Å²) in [4.78, 5) is 57.0. The number of anilines is 2. The molecule has 10 nitrogen and oxygen atoms in total. The average molecular weight is 782 g/mol. The molecule has 0 unspecified atom stereocenters. The van der Waals surface area contributed by atoms with E-state index in [1.54, 1.807) is 13.0 Å². The highest BCUT2D eigenvalue weighted by Crippen LogP contribution is 2.67. The van der Waals surface area contributed by atoms with Crippen molar-refractivity contribution in [1.29, 1.82) is 0 Å². The van der Waals surface area contributed by atoms with Crippen molar-refractivity contribution in [3.8, 4) is 11.5 Å². The Hall–Kier alpha value is -4.40. The summed E-state index contributed by atoms with van der Waals surface area (Å²) in [5.74, 6) is -9.79. The number of rotatable bonds is 6. The van der Waals surface area contributed by atoms with Crippen molar-refractivity contribution >= 4 is 69.9 Å². The Kier molecular flexibility index (Phi) is 8.54. The lowest BCUT2D eigenvalue weighted by Crippen LogP contribution is -2.60. The van der Waals surface area contributed by atoms with Crippen LogP contribution in [0.5, 0.6) is 11.5 Å². The third kappa shape index (κ3) is 5.01. The van der Waals surface area contributed by atoms with Gasteiger partial charge < -0.3 is 9.84 Å². The number of hydrogen-bond donors (Lipinski definition) is 1. The fourth-order valence-electron chi connectivity index (χ4n) is 7.98. The summed E-state index contributed by atoms with van der Waals surface area (Å²) in [6.45, 7) is 1.84. The Morgan fingerprint density at radius 1 is 1.00 bits per heavy atom. The molecule has 1 aromatic heterocycles. The SMILES string of the molecule is CCOc1cccc([C@H]2C3=CC[C@@H]4C(=O)N(N(C)c5nc(C(F)(F)F)ccc5Cl)C(=O)[C@@H]4[C@@H]3C[C@@]3(Cl)C(=O)N(c4ccc(F)cc4)C(=O)[C@@]23Cl)c1O. The average Bonchev–Trinajstić information content (AvgIpc) is 3.43. The molecule has 4 aliphatic rings. The molecule has 1 saturated carbocycles. The van der Waals surface area contributed by atoms with Gasteiger partial charge in [0.2, 0.25) is 0 Å². The summed E-state index contributed by atoms with van der Waals surface area (Å²) >= 11 is 20.9. The van der Waals surface area contributed by atoms with E-state index >= 15 is 0 Å². The van der Waals surface area contributed by atoms with Gasteiger partial charge in [0.1, 0.15) is 11.5 Å². The summed E-state index contributed by atoms with van der Waals surface area (Å²) in [6, 6.07) is 10.6. The van der Waals surface area contributed by atoms with Gasteiger partial charge in [0.25, 0.3) is 23.6 Å². The predicted octanol–water partition coefficient (Wildman–Crippen LogP) is 6.61. The summed E-state index contributed by atoms with van der Waals surface area (Å²) in [6.07, 6.45) is -3.76. The Balaban J connectivity index is 1.37. The first-order chi connectivity index (χ1) is 24.5. The molecule has 17 heteroatoms. The maximum atomic E-state index is 14.5. The number of allylic oxidation sites excluding steroid dienone is 2. The molecule has 2 aliphatic heterocycles. The molecule has 3 fully saturated rings. The molecule has 2 saturated heterocycles. The maximum absolute atomic E-state index is 14.5. The van der Waals surface area contributed by atoms with Gasteiger partial charge in [-0.25, -0.2) is 14.3 Å². The lowest BCUT2D eigenvalue weighted by atomic mass is 9.56. The number of aromatic hydroxyl groups is 1. The number of alkyl halides is 5. The van der Waals surface area contributed by atoms with E-state index in [1.165, 1.54) is 37.4 Å². The lowest BCUT2D eigenvalue weighted by molar-refractivity contribution is -0.141. The van der Waals surface area contributed by atoms with Gasteiger partial charge in [-0.2, -0.15) is 18.2 Å². The smallest absolute Gasteiger partial charge is 0.433 e. The monoisotopic (exact) mass is 780 g/mol. The lowest BCUT2D eigenvalue weighted by Gasteiger charge is -2.50. The van der Waals surface area contributed by atoms with Gasteiger partial charge in [-0.15, -0.1) is 23.2 Å². The van der Waals surface area contributed by atoms with Crippen LogP contribution in [-0.2, 0) is 25.4 Å². The van der Waals surface area contributed by atoms with E-state index in [2.05, 4.69) is 4.98 Å². The van der Waals surface area contributed by atoms with Crippen molar-refractivity contribution < 1.29 is 46.6 Å². The number of phenols is 1. The second kappa shape index (κ2) is 12.3. The molecule has 2 aliphatic carbocycles. The number of benzene rings is 2. The number of imide groups is 2. The van der Waals surface area contributed by atoms with E-state index in [-0.39, 0.29) is 35.1 Å². The normalized spacial score (nSPS) is 28.4. The summed E-state index contributed by atoms with van der Waals surface area (Å²) < 4.78 is 60.3. The van der Waals surface area contributed by atoms with Gasteiger partial charge in [0.15, 0.2) is 27.1 Å². The van der Waals surface area contributed by atoms with Crippen LogP contribution in [0.3, 0.4) is 0 Å². The van der Waals surface area contributed by atoms with Crippen LogP contribution < -0.4 is 14.6 Å². The van der Waals surface area contributed by atoms with Crippen molar-refractivity contribution in [2.75, 3.05) is 23.6 Å². The molecule has 0 radical (unpaired) electrons. The molecular formula is C35H27Cl3F4N4O6. The molecule has 3 heterocycles. The minimum atomic E-state index is -4.86. The number of pyridine rings is 1. The molecule has 2 aromatic carbocycles. The molecule has 6 atom stereocenters. The van der Waals surface area contributed by atoms with E-state index in [0.29, 0.717) is 16.6 Å². The molecule has 0 spiro atoms. The number of carbonyl (C=O) groups excluding carboxylic acids is 4.